The number of aliphatic hydroxyl groups is 1. The molecule has 1 heterocycles. The average molecular weight is 310 g/mol. The van der Waals surface area contributed by atoms with E-state index in [1.54, 1.807) is 7.11 Å². The number of aromatic nitrogens is 3. The summed E-state index contributed by atoms with van der Waals surface area (Å²) in [5.41, 5.74) is 0. The molecule has 0 saturated heterocycles. The van der Waals surface area contributed by atoms with Crippen molar-refractivity contribution in [1.29, 1.82) is 0 Å². The van der Waals surface area contributed by atoms with Crippen molar-refractivity contribution in [2.75, 3.05) is 7.11 Å². The van der Waals surface area contributed by atoms with Crippen LogP contribution >= 0.6 is 0 Å². The molecule has 1 aliphatic rings. The second-order valence-electron chi connectivity index (χ2n) is 6.24. The van der Waals surface area contributed by atoms with E-state index in [2.05, 4.69) is 29.2 Å². The van der Waals surface area contributed by atoms with Crippen LogP contribution in [0.15, 0.2) is 0 Å². The fourth-order valence-electron chi connectivity index (χ4n) is 3.04. The molecule has 0 radical (unpaired) electrons. The van der Waals surface area contributed by atoms with Crippen LogP contribution < -0.4 is 5.32 Å². The fourth-order valence-corrected chi connectivity index (χ4v) is 3.04. The van der Waals surface area contributed by atoms with Gasteiger partial charge in [-0.1, -0.05) is 0 Å². The van der Waals surface area contributed by atoms with Crippen molar-refractivity contribution in [3.8, 4) is 0 Å². The lowest BCUT2D eigenvalue weighted by atomic mass is 9.83. The molecular weight excluding hydrogens is 284 g/mol. The Morgan fingerprint density at radius 3 is 2.82 bits per heavy atom. The van der Waals surface area contributed by atoms with Gasteiger partial charge in [0.15, 0.2) is 5.82 Å². The number of methoxy groups -OCH3 is 1. The Morgan fingerprint density at radius 2 is 2.23 bits per heavy atom. The Balaban J connectivity index is 2.21. The molecule has 1 amide bonds. The average Bonchev–Trinajstić information content (AvgIpc) is 2.85. The Labute approximate surface area is 131 Å². The minimum atomic E-state index is -0.492. The lowest BCUT2D eigenvalue weighted by molar-refractivity contribution is -0.121. The third-order valence-electron chi connectivity index (χ3n) is 4.03. The first-order chi connectivity index (χ1) is 10.4. The van der Waals surface area contributed by atoms with Crippen LogP contribution in [0.1, 0.15) is 63.6 Å². The van der Waals surface area contributed by atoms with Gasteiger partial charge in [0, 0.05) is 26.0 Å². The normalized spacial score (nSPS) is 25.5. The van der Waals surface area contributed by atoms with Gasteiger partial charge in [0.25, 0.3) is 0 Å². The molecular formula is C15H26N4O3. The van der Waals surface area contributed by atoms with Crippen molar-refractivity contribution >= 4 is 5.91 Å². The van der Waals surface area contributed by atoms with E-state index in [-0.39, 0.29) is 23.9 Å². The van der Waals surface area contributed by atoms with Gasteiger partial charge in [0.1, 0.15) is 12.4 Å². The van der Waals surface area contributed by atoms with Crippen molar-refractivity contribution in [3.05, 3.63) is 11.6 Å². The first kappa shape index (κ1) is 16.9. The second-order valence-corrected chi connectivity index (χ2v) is 6.24. The van der Waals surface area contributed by atoms with Gasteiger partial charge in [-0.05, 0) is 33.1 Å². The quantitative estimate of drug-likeness (QED) is 0.851. The molecule has 1 fully saturated rings. The summed E-state index contributed by atoms with van der Waals surface area (Å²) in [6.45, 7) is 6.00. The number of nitrogens with zero attached hydrogens (tertiary/aromatic N) is 3. The summed E-state index contributed by atoms with van der Waals surface area (Å²) in [4.78, 5) is 15.9. The lowest BCUT2D eigenvalue weighted by Crippen LogP contribution is -2.46. The Morgan fingerprint density at radius 1 is 1.50 bits per heavy atom. The van der Waals surface area contributed by atoms with Gasteiger partial charge in [-0.3, -0.25) is 4.79 Å². The Bertz CT molecular complexity index is 515. The van der Waals surface area contributed by atoms with Crippen LogP contribution in [0, 0.1) is 0 Å². The number of hydrogen-bond donors (Lipinski definition) is 2. The zero-order valence-corrected chi connectivity index (χ0v) is 13.7. The molecule has 2 rings (SSSR count). The minimum Gasteiger partial charge on any atom is -0.391 e. The predicted octanol–water partition coefficient (Wildman–Crippen LogP) is 1.14. The van der Waals surface area contributed by atoms with E-state index in [4.69, 9.17) is 4.74 Å². The van der Waals surface area contributed by atoms with Crippen LogP contribution in [-0.4, -0.2) is 45.0 Å². The smallest absolute Gasteiger partial charge is 0.217 e. The molecule has 1 saturated carbocycles. The van der Waals surface area contributed by atoms with Crippen molar-refractivity contribution < 1.29 is 14.6 Å². The maximum absolute atomic E-state index is 11.3. The van der Waals surface area contributed by atoms with Gasteiger partial charge in [-0.2, -0.15) is 5.10 Å². The van der Waals surface area contributed by atoms with Gasteiger partial charge in [-0.25, -0.2) is 9.67 Å². The summed E-state index contributed by atoms with van der Waals surface area (Å²) in [7, 11) is 1.62. The molecule has 22 heavy (non-hydrogen) atoms. The van der Waals surface area contributed by atoms with Gasteiger partial charge >= 0.3 is 0 Å². The summed E-state index contributed by atoms with van der Waals surface area (Å²) in [6.07, 6.45) is 1.68. The number of amides is 1. The van der Waals surface area contributed by atoms with Crippen molar-refractivity contribution in [3.63, 3.8) is 0 Å². The van der Waals surface area contributed by atoms with E-state index in [1.165, 1.54) is 6.92 Å². The van der Waals surface area contributed by atoms with E-state index in [0.29, 0.717) is 25.3 Å². The van der Waals surface area contributed by atoms with Crippen LogP contribution in [0.3, 0.4) is 0 Å². The molecule has 124 valence electrons. The molecule has 0 unspecified atom stereocenters. The SMILES string of the molecule is COCc1nc([C@H]2CC[C@@H](O)[C@H](NC(C)=O)C2)n(C(C)C)n1. The van der Waals surface area contributed by atoms with Crippen LogP contribution in [0.2, 0.25) is 0 Å². The Kier molecular flexibility index (Phi) is 5.52. The standard InChI is InChI=1S/C15H26N4O3/c1-9(2)19-15(17-14(18-19)8-22-4)11-5-6-13(21)12(7-11)16-10(3)20/h9,11-13,21H,5-8H2,1-4H3,(H,16,20)/t11-,12+,13+/m0/s1. The highest BCUT2D eigenvalue weighted by Gasteiger charge is 2.33. The van der Waals surface area contributed by atoms with Gasteiger partial charge < -0.3 is 15.2 Å². The number of rotatable bonds is 5. The molecule has 1 aromatic rings. The van der Waals surface area contributed by atoms with Crippen LogP contribution in [0.4, 0.5) is 0 Å². The third-order valence-corrected chi connectivity index (χ3v) is 4.03. The summed E-state index contributed by atoms with van der Waals surface area (Å²) in [5.74, 6) is 1.66. The maximum Gasteiger partial charge on any atom is 0.217 e. The molecule has 0 spiro atoms. The highest BCUT2D eigenvalue weighted by molar-refractivity contribution is 5.73. The summed E-state index contributed by atoms with van der Waals surface area (Å²) < 4.78 is 7.05. The van der Waals surface area contributed by atoms with Crippen molar-refractivity contribution in [2.45, 2.75) is 70.7 Å². The number of ether oxygens (including phenoxy) is 1. The van der Waals surface area contributed by atoms with Gasteiger partial charge in [-0.15, -0.1) is 0 Å². The predicted molar refractivity (Wildman–Crippen MR) is 81.3 cm³/mol. The first-order valence-corrected chi connectivity index (χ1v) is 7.81. The maximum atomic E-state index is 11.3. The highest BCUT2D eigenvalue weighted by atomic mass is 16.5. The molecule has 1 aromatic heterocycles. The molecule has 7 nitrogen and oxygen atoms in total. The second kappa shape index (κ2) is 7.19. The van der Waals surface area contributed by atoms with Crippen LogP contribution in [-0.2, 0) is 16.1 Å². The first-order valence-electron chi connectivity index (χ1n) is 7.81. The summed E-state index contributed by atoms with van der Waals surface area (Å²) >= 11 is 0. The van der Waals surface area contributed by atoms with E-state index in [9.17, 15) is 9.90 Å². The third kappa shape index (κ3) is 3.84. The lowest BCUT2D eigenvalue weighted by Gasteiger charge is -2.33. The van der Waals surface area contributed by atoms with Crippen molar-refractivity contribution in [2.24, 2.45) is 0 Å². The van der Waals surface area contributed by atoms with Gasteiger partial charge in [0.2, 0.25) is 5.91 Å². The fraction of sp³-hybridized carbons (Fsp3) is 0.800. The number of carbonyl (C=O) groups is 1. The van der Waals surface area contributed by atoms with E-state index >= 15 is 0 Å². The Hall–Kier alpha value is -1.47. The van der Waals surface area contributed by atoms with E-state index in [1.807, 2.05) is 4.68 Å². The zero-order chi connectivity index (χ0) is 16.3. The number of carbonyl (C=O) groups excluding carboxylic acids is 1. The molecule has 3 atom stereocenters. The summed E-state index contributed by atoms with van der Waals surface area (Å²) in [6, 6.07) is -0.0152. The van der Waals surface area contributed by atoms with Gasteiger partial charge in [0.05, 0.1) is 12.1 Å². The molecule has 0 aromatic carbocycles. The number of hydrogen-bond acceptors (Lipinski definition) is 5. The molecule has 1 aliphatic carbocycles. The van der Waals surface area contributed by atoms with Crippen LogP contribution in [0.25, 0.3) is 0 Å². The topological polar surface area (TPSA) is 89.3 Å². The number of aliphatic hydroxyl groups excluding tert-OH is 1. The van der Waals surface area contributed by atoms with Crippen LogP contribution in [0.5, 0.6) is 0 Å². The molecule has 2 N–H and O–H groups in total. The molecule has 7 heteroatoms. The molecule has 0 aliphatic heterocycles. The van der Waals surface area contributed by atoms with Crippen molar-refractivity contribution in [1.82, 2.24) is 20.1 Å². The summed E-state index contributed by atoms with van der Waals surface area (Å²) in [5, 5.41) is 17.4. The zero-order valence-electron chi connectivity index (χ0n) is 13.7. The molecule has 0 bridgehead atoms. The minimum absolute atomic E-state index is 0.116. The van der Waals surface area contributed by atoms with E-state index < -0.39 is 6.10 Å². The number of nitrogens with one attached hydrogen (secondary N) is 1. The monoisotopic (exact) mass is 310 g/mol. The van der Waals surface area contributed by atoms with E-state index in [0.717, 1.165) is 12.2 Å². The largest absolute Gasteiger partial charge is 0.391 e. The highest BCUT2D eigenvalue weighted by Crippen LogP contribution is 2.33.